The van der Waals surface area contributed by atoms with Crippen LogP contribution in [0.1, 0.15) is 0 Å². The zero-order valence-electron chi connectivity index (χ0n) is 8.83. The van der Waals surface area contributed by atoms with Crippen LogP contribution in [0.3, 0.4) is 0 Å². The predicted molar refractivity (Wildman–Crippen MR) is 73.1 cm³/mol. The molecule has 2 aromatic heterocycles. The lowest BCUT2D eigenvalue weighted by Crippen LogP contribution is -1.83. The van der Waals surface area contributed by atoms with Crippen molar-refractivity contribution in [3.05, 3.63) is 41.9 Å². The number of nitrogens with zero attached hydrogens (tertiary/aromatic N) is 2. The largest absolute Gasteiger partial charge is 0.375 e. The summed E-state index contributed by atoms with van der Waals surface area (Å²) in [5, 5.41) is 3.44. The Balaban J connectivity index is 2.18. The Labute approximate surface area is 107 Å². The molecule has 5 heteroatoms. The minimum Gasteiger partial charge on any atom is -0.375 e. The number of rotatable bonds is 2. The summed E-state index contributed by atoms with van der Waals surface area (Å²) >= 11 is 3.07. The van der Waals surface area contributed by atoms with Gasteiger partial charge in [-0.25, -0.2) is 9.97 Å². The predicted octanol–water partition coefficient (Wildman–Crippen LogP) is 3.52. The molecule has 0 saturated carbocycles. The molecule has 0 amide bonds. The van der Waals surface area contributed by atoms with Gasteiger partial charge in [0.15, 0.2) is 5.13 Å². The average Bonchev–Trinajstić information content (AvgIpc) is 2.98. The summed E-state index contributed by atoms with van der Waals surface area (Å²) < 4.78 is 0. The molecule has 3 rings (SSSR count). The van der Waals surface area contributed by atoms with Crippen molar-refractivity contribution < 1.29 is 0 Å². The smallest absolute Gasteiger partial charge is 0.181 e. The zero-order chi connectivity index (χ0) is 11.7. The van der Waals surface area contributed by atoms with Gasteiger partial charge in [-0.05, 0) is 5.56 Å². The van der Waals surface area contributed by atoms with Crippen molar-refractivity contribution >= 4 is 27.8 Å². The van der Waals surface area contributed by atoms with Crippen molar-refractivity contribution in [3.63, 3.8) is 0 Å². The normalized spacial score (nSPS) is 10.6. The third-order valence-electron chi connectivity index (χ3n) is 2.31. The van der Waals surface area contributed by atoms with Crippen LogP contribution in [0.2, 0.25) is 0 Å². The van der Waals surface area contributed by atoms with E-state index in [0.717, 1.165) is 21.1 Å². The van der Waals surface area contributed by atoms with Gasteiger partial charge in [0.2, 0.25) is 0 Å². The molecule has 0 spiro atoms. The quantitative estimate of drug-likeness (QED) is 0.766. The highest BCUT2D eigenvalue weighted by Crippen LogP contribution is 2.38. The Morgan fingerprint density at radius 1 is 1.12 bits per heavy atom. The second-order valence-corrected chi connectivity index (χ2v) is 5.36. The first-order chi connectivity index (χ1) is 8.34. The Kier molecular flexibility index (Phi) is 2.62. The van der Waals surface area contributed by atoms with Gasteiger partial charge in [0.05, 0.1) is 4.88 Å². The van der Waals surface area contributed by atoms with E-state index in [4.69, 9.17) is 5.73 Å². The third kappa shape index (κ3) is 1.94. The van der Waals surface area contributed by atoms with E-state index in [1.54, 1.807) is 17.5 Å². The van der Waals surface area contributed by atoms with Gasteiger partial charge in [0.25, 0.3) is 0 Å². The molecule has 84 valence electrons. The minimum absolute atomic E-state index is 0.578. The number of anilines is 1. The van der Waals surface area contributed by atoms with E-state index in [-0.39, 0.29) is 0 Å². The van der Waals surface area contributed by atoms with Gasteiger partial charge in [-0.3, -0.25) is 0 Å². The molecule has 3 nitrogen and oxygen atoms in total. The van der Waals surface area contributed by atoms with Crippen LogP contribution in [0.15, 0.2) is 41.9 Å². The van der Waals surface area contributed by atoms with Crippen LogP contribution in [0, 0.1) is 0 Å². The van der Waals surface area contributed by atoms with E-state index >= 15 is 0 Å². The molecule has 0 unspecified atom stereocenters. The Morgan fingerprint density at radius 3 is 2.65 bits per heavy atom. The first kappa shape index (κ1) is 10.4. The van der Waals surface area contributed by atoms with Gasteiger partial charge in [0, 0.05) is 11.6 Å². The second kappa shape index (κ2) is 4.27. The number of benzene rings is 1. The molecule has 0 saturated heterocycles. The molecule has 17 heavy (non-hydrogen) atoms. The fourth-order valence-electron chi connectivity index (χ4n) is 1.61. The summed E-state index contributed by atoms with van der Waals surface area (Å²) in [5.74, 6) is 0. The van der Waals surface area contributed by atoms with Crippen molar-refractivity contribution in [3.8, 4) is 21.1 Å². The van der Waals surface area contributed by atoms with Crippen molar-refractivity contribution in [2.24, 2.45) is 0 Å². The fourth-order valence-corrected chi connectivity index (χ4v) is 3.14. The maximum Gasteiger partial charge on any atom is 0.181 e. The van der Waals surface area contributed by atoms with Gasteiger partial charge in [-0.1, -0.05) is 41.7 Å². The first-order valence-corrected chi connectivity index (χ1v) is 6.76. The van der Waals surface area contributed by atoms with Gasteiger partial charge in [-0.2, -0.15) is 0 Å². The summed E-state index contributed by atoms with van der Waals surface area (Å²) in [6.07, 6.45) is 1.78. The SMILES string of the molecule is Nc1nc(-c2nccs2)c(-c2ccccc2)s1. The van der Waals surface area contributed by atoms with Gasteiger partial charge in [0.1, 0.15) is 10.7 Å². The van der Waals surface area contributed by atoms with Crippen molar-refractivity contribution in [1.82, 2.24) is 9.97 Å². The highest BCUT2D eigenvalue weighted by molar-refractivity contribution is 7.20. The van der Waals surface area contributed by atoms with Gasteiger partial charge in [-0.15, -0.1) is 11.3 Å². The molecule has 0 fully saturated rings. The molecule has 2 heterocycles. The van der Waals surface area contributed by atoms with Crippen LogP contribution in [-0.4, -0.2) is 9.97 Å². The first-order valence-electron chi connectivity index (χ1n) is 5.06. The van der Waals surface area contributed by atoms with Crippen LogP contribution in [0.4, 0.5) is 5.13 Å². The molecule has 0 aliphatic heterocycles. The highest BCUT2D eigenvalue weighted by atomic mass is 32.1. The number of nitrogens with two attached hydrogens (primary N) is 1. The maximum atomic E-state index is 5.81. The number of aromatic nitrogens is 2. The van der Waals surface area contributed by atoms with Gasteiger partial charge < -0.3 is 5.73 Å². The summed E-state index contributed by atoms with van der Waals surface area (Å²) in [6.45, 7) is 0. The van der Waals surface area contributed by atoms with Crippen LogP contribution >= 0.6 is 22.7 Å². The van der Waals surface area contributed by atoms with Crippen molar-refractivity contribution in [1.29, 1.82) is 0 Å². The summed E-state index contributed by atoms with van der Waals surface area (Å²) in [5.41, 5.74) is 7.82. The van der Waals surface area contributed by atoms with Crippen LogP contribution < -0.4 is 5.73 Å². The van der Waals surface area contributed by atoms with Crippen LogP contribution in [-0.2, 0) is 0 Å². The number of hydrogen-bond donors (Lipinski definition) is 1. The molecule has 2 N–H and O–H groups in total. The molecule has 0 aliphatic carbocycles. The lowest BCUT2D eigenvalue weighted by molar-refractivity contribution is 1.35. The lowest BCUT2D eigenvalue weighted by atomic mass is 10.1. The zero-order valence-corrected chi connectivity index (χ0v) is 10.5. The summed E-state index contributed by atoms with van der Waals surface area (Å²) in [7, 11) is 0. The van der Waals surface area contributed by atoms with Crippen LogP contribution in [0.25, 0.3) is 21.1 Å². The van der Waals surface area contributed by atoms with E-state index in [0.29, 0.717) is 5.13 Å². The van der Waals surface area contributed by atoms with E-state index in [9.17, 15) is 0 Å². The Morgan fingerprint density at radius 2 is 1.94 bits per heavy atom. The standard InChI is InChI=1S/C12H9N3S2/c13-12-15-9(11-14-6-7-16-11)10(17-12)8-4-2-1-3-5-8/h1-7H,(H2,13,15). The number of nitrogen functional groups attached to an aromatic ring is 1. The summed E-state index contributed by atoms with van der Waals surface area (Å²) in [6, 6.07) is 10.1. The summed E-state index contributed by atoms with van der Waals surface area (Å²) in [4.78, 5) is 9.75. The fraction of sp³-hybridized carbons (Fsp3) is 0. The van der Waals surface area contributed by atoms with E-state index in [1.807, 2.05) is 23.6 Å². The number of hydrogen-bond acceptors (Lipinski definition) is 5. The second-order valence-electron chi connectivity index (χ2n) is 3.43. The van der Waals surface area contributed by atoms with Crippen molar-refractivity contribution in [2.75, 3.05) is 5.73 Å². The molecular formula is C12H9N3S2. The monoisotopic (exact) mass is 259 g/mol. The van der Waals surface area contributed by atoms with Crippen LogP contribution in [0.5, 0.6) is 0 Å². The molecule has 1 aromatic carbocycles. The van der Waals surface area contributed by atoms with Gasteiger partial charge >= 0.3 is 0 Å². The highest BCUT2D eigenvalue weighted by Gasteiger charge is 2.14. The molecular weight excluding hydrogens is 250 g/mol. The molecule has 0 bridgehead atoms. The Hall–Kier alpha value is -1.72. The van der Waals surface area contributed by atoms with E-state index < -0.39 is 0 Å². The third-order valence-corrected chi connectivity index (χ3v) is 4.03. The number of thiazole rings is 2. The van der Waals surface area contributed by atoms with E-state index in [1.165, 1.54) is 11.3 Å². The average molecular weight is 259 g/mol. The minimum atomic E-state index is 0.578. The van der Waals surface area contributed by atoms with Crippen molar-refractivity contribution in [2.45, 2.75) is 0 Å². The molecule has 0 aliphatic rings. The molecule has 0 radical (unpaired) electrons. The molecule has 3 aromatic rings. The maximum absolute atomic E-state index is 5.81. The topological polar surface area (TPSA) is 51.8 Å². The van der Waals surface area contributed by atoms with E-state index in [2.05, 4.69) is 22.1 Å². The molecule has 0 atom stereocenters. The lowest BCUT2D eigenvalue weighted by Gasteiger charge is -1.98. The Bertz CT molecular complexity index is 615.